The Bertz CT molecular complexity index is 588. The summed E-state index contributed by atoms with van der Waals surface area (Å²) in [6.07, 6.45) is 0.127. The van der Waals surface area contributed by atoms with Gasteiger partial charge in [0.2, 0.25) is 5.91 Å². The van der Waals surface area contributed by atoms with Crippen molar-refractivity contribution in [1.29, 1.82) is 0 Å². The number of nitrogens with one attached hydrogen (secondary N) is 1. The number of likely N-dealkylation sites (N-methyl/N-ethyl adjacent to an activating group) is 1. The van der Waals surface area contributed by atoms with Crippen molar-refractivity contribution in [2.24, 2.45) is 0 Å². The molecule has 0 atom stereocenters. The third-order valence-electron chi connectivity index (χ3n) is 3.49. The van der Waals surface area contributed by atoms with Crippen molar-refractivity contribution in [2.45, 2.75) is 20.3 Å². The van der Waals surface area contributed by atoms with E-state index in [1.165, 1.54) is 4.90 Å². The number of ether oxygens (including phenoxy) is 3. The lowest BCUT2D eigenvalue weighted by molar-refractivity contribution is -0.144. The van der Waals surface area contributed by atoms with Gasteiger partial charge >= 0.3 is 5.97 Å². The zero-order chi connectivity index (χ0) is 19.4. The van der Waals surface area contributed by atoms with Gasteiger partial charge in [-0.15, -0.1) is 0 Å². The van der Waals surface area contributed by atoms with Crippen LogP contribution in [-0.2, 0) is 19.1 Å². The molecule has 1 aromatic carbocycles. The molecule has 0 bridgehead atoms. The van der Waals surface area contributed by atoms with E-state index < -0.39 is 5.91 Å². The Hall–Kier alpha value is -2.77. The summed E-state index contributed by atoms with van der Waals surface area (Å²) < 4.78 is 15.2. The van der Waals surface area contributed by atoms with Crippen LogP contribution in [0.15, 0.2) is 24.3 Å². The zero-order valence-electron chi connectivity index (χ0n) is 15.4. The molecule has 0 aliphatic rings. The van der Waals surface area contributed by atoms with Gasteiger partial charge in [-0.2, -0.15) is 0 Å². The largest absolute Gasteiger partial charge is 0.497 e. The molecule has 2 amide bonds. The van der Waals surface area contributed by atoms with Crippen LogP contribution in [0.25, 0.3) is 0 Å². The number of benzene rings is 1. The van der Waals surface area contributed by atoms with Gasteiger partial charge in [0.1, 0.15) is 11.5 Å². The van der Waals surface area contributed by atoms with Crippen LogP contribution in [0.2, 0.25) is 0 Å². The summed E-state index contributed by atoms with van der Waals surface area (Å²) in [7, 11) is 1.56. The molecule has 8 heteroatoms. The van der Waals surface area contributed by atoms with Gasteiger partial charge in [-0.1, -0.05) is 0 Å². The molecule has 0 fully saturated rings. The predicted molar refractivity (Wildman–Crippen MR) is 95.0 cm³/mol. The van der Waals surface area contributed by atoms with Gasteiger partial charge in [-0.05, 0) is 38.1 Å². The average Bonchev–Trinajstić information content (AvgIpc) is 2.65. The molecule has 0 radical (unpaired) electrons. The molecule has 0 aliphatic carbocycles. The van der Waals surface area contributed by atoms with Crippen molar-refractivity contribution in [2.75, 3.05) is 40.0 Å². The van der Waals surface area contributed by atoms with Gasteiger partial charge in [0, 0.05) is 13.1 Å². The minimum absolute atomic E-state index is 0.127. The molecule has 144 valence electrons. The van der Waals surface area contributed by atoms with Crippen LogP contribution in [0.1, 0.15) is 20.3 Å². The number of carbonyl (C=O) groups excluding carboxylic acids is 3. The highest BCUT2D eigenvalue weighted by molar-refractivity contribution is 5.85. The number of nitrogens with zero attached hydrogens (tertiary/aromatic N) is 1. The van der Waals surface area contributed by atoms with Crippen molar-refractivity contribution in [3.8, 4) is 11.5 Å². The van der Waals surface area contributed by atoms with Gasteiger partial charge in [0.25, 0.3) is 5.91 Å². The SMILES string of the molecule is CCOC(=O)CCN(CC)C(=O)CNC(=O)COc1ccc(OC)cc1. The van der Waals surface area contributed by atoms with E-state index in [1.54, 1.807) is 45.2 Å². The van der Waals surface area contributed by atoms with E-state index in [-0.39, 0.29) is 38.0 Å². The predicted octanol–water partition coefficient (Wildman–Crippen LogP) is 0.992. The highest BCUT2D eigenvalue weighted by Gasteiger charge is 2.15. The normalized spacial score (nSPS) is 9.96. The van der Waals surface area contributed by atoms with Crippen LogP contribution in [0.4, 0.5) is 0 Å². The van der Waals surface area contributed by atoms with Crippen LogP contribution in [0.3, 0.4) is 0 Å². The van der Waals surface area contributed by atoms with Crippen molar-refractivity contribution in [3.05, 3.63) is 24.3 Å². The average molecular weight is 366 g/mol. The van der Waals surface area contributed by atoms with Crippen molar-refractivity contribution in [1.82, 2.24) is 10.2 Å². The summed E-state index contributed by atoms with van der Waals surface area (Å²) in [6, 6.07) is 6.82. The number of methoxy groups -OCH3 is 1. The highest BCUT2D eigenvalue weighted by atomic mass is 16.5. The summed E-state index contributed by atoms with van der Waals surface area (Å²) in [6.45, 7) is 4.18. The zero-order valence-corrected chi connectivity index (χ0v) is 15.4. The first kappa shape index (κ1) is 21.3. The lowest BCUT2D eigenvalue weighted by Crippen LogP contribution is -2.42. The lowest BCUT2D eigenvalue weighted by Gasteiger charge is -2.20. The number of rotatable bonds is 11. The first-order valence-corrected chi connectivity index (χ1v) is 8.47. The topological polar surface area (TPSA) is 94.2 Å². The first-order chi connectivity index (χ1) is 12.5. The molecule has 1 aromatic rings. The maximum atomic E-state index is 12.1. The molecule has 26 heavy (non-hydrogen) atoms. The number of hydrogen-bond donors (Lipinski definition) is 1. The van der Waals surface area contributed by atoms with Crippen molar-refractivity contribution >= 4 is 17.8 Å². The van der Waals surface area contributed by atoms with Crippen LogP contribution in [0.5, 0.6) is 11.5 Å². The molecule has 0 aliphatic heterocycles. The maximum Gasteiger partial charge on any atom is 0.307 e. The Morgan fingerprint density at radius 1 is 1.08 bits per heavy atom. The van der Waals surface area contributed by atoms with Crippen LogP contribution < -0.4 is 14.8 Å². The maximum absolute atomic E-state index is 12.1. The lowest BCUT2D eigenvalue weighted by atomic mass is 10.3. The second-order valence-corrected chi connectivity index (χ2v) is 5.27. The monoisotopic (exact) mass is 366 g/mol. The van der Waals surface area contributed by atoms with E-state index in [0.717, 1.165) is 0 Å². The molecule has 0 spiro atoms. The third-order valence-corrected chi connectivity index (χ3v) is 3.49. The molecule has 0 heterocycles. The van der Waals surface area contributed by atoms with Crippen LogP contribution in [0, 0.1) is 0 Å². The standard InChI is InChI=1S/C18H26N2O6/c1-4-20(11-10-18(23)25-5-2)17(22)12-19-16(21)13-26-15-8-6-14(24-3)7-9-15/h6-9H,4-5,10-13H2,1-3H3,(H,19,21). The molecule has 0 unspecified atom stereocenters. The number of esters is 1. The van der Waals surface area contributed by atoms with Gasteiger partial charge in [-0.3, -0.25) is 14.4 Å². The first-order valence-electron chi connectivity index (χ1n) is 8.47. The van der Waals surface area contributed by atoms with Crippen molar-refractivity contribution in [3.63, 3.8) is 0 Å². The van der Waals surface area contributed by atoms with E-state index in [1.807, 2.05) is 0 Å². The fourth-order valence-electron chi connectivity index (χ4n) is 2.08. The fourth-order valence-corrected chi connectivity index (χ4v) is 2.08. The second kappa shape index (κ2) is 11.7. The fraction of sp³-hybridized carbons (Fsp3) is 0.500. The van der Waals surface area contributed by atoms with Crippen LogP contribution >= 0.6 is 0 Å². The van der Waals surface area contributed by atoms with E-state index in [9.17, 15) is 14.4 Å². The second-order valence-electron chi connectivity index (χ2n) is 5.27. The molecular formula is C18H26N2O6. The molecule has 0 saturated heterocycles. The van der Waals surface area contributed by atoms with Gasteiger partial charge in [0.05, 0.1) is 26.7 Å². The molecular weight excluding hydrogens is 340 g/mol. The van der Waals surface area contributed by atoms with E-state index in [2.05, 4.69) is 5.32 Å². The minimum atomic E-state index is -0.407. The molecule has 1 N–H and O–H groups in total. The minimum Gasteiger partial charge on any atom is -0.497 e. The Labute approximate surface area is 153 Å². The molecule has 0 aromatic heterocycles. The third kappa shape index (κ3) is 7.87. The number of amides is 2. The summed E-state index contributed by atoms with van der Waals surface area (Å²) in [5.41, 5.74) is 0. The Kier molecular flexibility index (Phi) is 9.59. The molecule has 1 rings (SSSR count). The summed E-state index contributed by atoms with van der Waals surface area (Å²) in [5, 5.41) is 2.51. The number of hydrogen-bond acceptors (Lipinski definition) is 6. The number of carbonyl (C=O) groups is 3. The van der Waals surface area contributed by atoms with E-state index in [0.29, 0.717) is 24.7 Å². The van der Waals surface area contributed by atoms with Crippen LogP contribution in [-0.4, -0.2) is 62.6 Å². The highest BCUT2D eigenvalue weighted by Crippen LogP contribution is 2.16. The van der Waals surface area contributed by atoms with E-state index >= 15 is 0 Å². The smallest absolute Gasteiger partial charge is 0.307 e. The Balaban J connectivity index is 2.32. The van der Waals surface area contributed by atoms with Gasteiger partial charge in [0.15, 0.2) is 6.61 Å². The quantitative estimate of drug-likeness (QED) is 0.587. The summed E-state index contributed by atoms with van der Waals surface area (Å²) in [4.78, 5) is 36.7. The Morgan fingerprint density at radius 2 is 1.73 bits per heavy atom. The molecule has 8 nitrogen and oxygen atoms in total. The molecule has 0 saturated carbocycles. The van der Waals surface area contributed by atoms with Gasteiger partial charge < -0.3 is 24.4 Å². The summed E-state index contributed by atoms with van der Waals surface area (Å²) in [5.74, 6) is 0.188. The van der Waals surface area contributed by atoms with Gasteiger partial charge in [-0.25, -0.2) is 0 Å². The Morgan fingerprint density at radius 3 is 2.31 bits per heavy atom. The van der Waals surface area contributed by atoms with E-state index in [4.69, 9.17) is 14.2 Å². The summed E-state index contributed by atoms with van der Waals surface area (Å²) >= 11 is 0. The van der Waals surface area contributed by atoms with Crippen molar-refractivity contribution < 1.29 is 28.6 Å².